The van der Waals surface area contributed by atoms with Gasteiger partial charge in [-0.25, -0.2) is 4.98 Å². The van der Waals surface area contributed by atoms with Crippen molar-refractivity contribution in [2.45, 2.75) is 44.9 Å². The Morgan fingerprint density at radius 1 is 1.00 bits per heavy atom. The predicted octanol–water partition coefficient (Wildman–Crippen LogP) is 9.86. The molecule has 0 saturated carbocycles. The summed E-state index contributed by atoms with van der Waals surface area (Å²) < 4.78 is 38.6. The Morgan fingerprint density at radius 3 is 2.34 bits per heavy atom. The van der Waals surface area contributed by atoms with E-state index in [9.17, 15) is 22.8 Å². The highest BCUT2D eigenvalue weighted by Gasteiger charge is 2.40. The lowest BCUT2D eigenvalue weighted by Gasteiger charge is -2.34. The Morgan fingerprint density at radius 2 is 1.68 bits per heavy atom. The average Bonchev–Trinajstić information content (AvgIpc) is 3.52. The molecular formula is C40H37Cl2F3N6O2. The first kappa shape index (κ1) is 37.5. The van der Waals surface area contributed by atoms with Gasteiger partial charge in [-0.2, -0.15) is 13.2 Å². The highest BCUT2D eigenvalue weighted by atomic mass is 35.5. The summed E-state index contributed by atoms with van der Waals surface area (Å²) in [5.41, 5.74) is 5.50. The quantitative estimate of drug-likeness (QED) is 0.132. The molecule has 2 amide bonds. The van der Waals surface area contributed by atoms with Crippen LogP contribution in [0.1, 0.15) is 59.9 Å². The van der Waals surface area contributed by atoms with Crippen LogP contribution in [0.15, 0.2) is 104 Å². The summed E-state index contributed by atoms with van der Waals surface area (Å²) in [5.74, 6) is -1.94. The first-order valence-corrected chi connectivity index (χ1v) is 17.7. The number of piperidine rings is 1. The number of amides is 2. The second-order valence-electron chi connectivity index (χ2n) is 12.8. The lowest BCUT2D eigenvalue weighted by Crippen LogP contribution is -2.48. The van der Waals surface area contributed by atoms with Gasteiger partial charge >= 0.3 is 12.1 Å². The Hall–Kier alpha value is -5.26. The number of alkyl halides is 3. The van der Waals surface area contributed by atoms with Crippen LogP contribution in [-0.2, 0) is 4.79 Å². The van der Waals surface area contributed by atoms with E-state index in [1.54, 1.807) is 36.7 Å². The van der Waals surface area contributed by atoms with Gasteiger partial charge in [0.15, 0.2) is 5.82 Å². The van der Waals surface area contributed by atoms with Crippen LogP contribution in [0.2, 0.25) is 10.0 Å². The number of hydrogen-bond donors (Lipinski definition) is 3. The second kappa shape index (κ2) is 15.8. The van der Waals surface area contributed by atoms with E-state index in [0.717, 1.165) is 27.8 Å². The first-order valence-electron chi connectivity index (χ1n) is 17.0. The number of benzene rings is 3. The molecule has 53 heavy (non-hydrogen) atoms. The SMILES string of the molecule is C=CN(/C(=C(\C)c1ccccc1)c1c(C(=O)Nc2cccnc2N2CCC(NC(=O)C(F)(F)F)CC2)[nH]c2cc(Cl)ccc12)C(C)c1ccc(Cl)cc1. The number of nitrogens with one attached hydrogen (secondary N) is 3. The average molecular weight is 762 g/mol. The van der Waals surface area contributed by atoms with Crippen LogP contribution in [-0.4, -0.2) is 52.0 Å². The third-order valence-electron chi connectivity index (χ3n) is 9.43. The zero-order valence-corrected chi connectivity index (χ0v) is 30.5. The Bertz CT molecular complexity index is 2160. The molecule has 1 aliphatic heterocycles. The van der Waals surface area contributed by atoms with Gasteiger partial charge in [-0.05, 0) is 86.0 Å². The molecule has 1 aliphatic rings. The van der Waals surface area contributed by atoms with Crippen molar-refractivity contribution >= 4 is 68.7 Å². The van der Waals surface area contributed by atoms with E-state index in [2.05, 4.69) is 27.2 Å². The van der Waals surface area contributed by atoms with Crippen LogP contribution in [0.5, 0.6) is 0 Å². The van der Waals surface area contributed by atoms with E-state index in [1.807, 2.05) is 84.3 Å². The maximum Gasteiger partial charge on any atom is 0.471 e. The molecule has 0 spiro atoms. The fourth-order valence-corrected chi connectivity index (χ4v) is 7.00. The third-order valence-corrected chi connectivity index (χ3v) is 9.92. The van der Waals surface area contributed by atoms with Crippen molar-refractivity contribution in [1.82, 2.24) is 20.2 Å². The summed E-state index contributed by atoms with van der Waals surface area (Å²) in [6, 6.07) is 25.4. The summed E-state index contributed by atoms with van der Waals surface area (Å²) in [4.78, 5) is 37.9. The Labute approximate surface area is 315 Å². The van der Waals surface area contributed by atoms with Crippen molar-refractivity contribution in [2.75, 3.05) is 23.3 Å². The number of fused-ring (bicyclic) bond motifs is 1. The monoisotopic (exact) mass is 760 g/mol. The van der Waals surface area contributed by atoms with E-state index >= 15 is 0 Å². The molecule has 5 aromatic rings. The van der Waals surface area contributed by atoms with E-state index < -0.39 is 24.0 Å². The van der Waals surface area contributed by atoms with Gasteiger partial charge in [-0.1, -0.05) is 78.3 Å². The molecule has 8 nitrogen and oxygen atoms in total. The van der Waals surface area contributed by atoms with Gasteiger partial charge in [0.05, 0.1) is 17.4 Å². The van der Waals surface area contributed by atoms with Crippen LogP contribution < -0.4 is 15.5 Å². The molecule has 274 valence electrons. The molecule has 1 unspecified atom stereocenters. The molecule has 3 aromatic carbocycles. The Balaban J connectivity index is 1.41. The van der Waals surface area contributed by atoms with Crippen molar-refractivity contribution in [2.24, 2.45) is 0 Å². The van der Waals surface area contributed by atoms with Crippen LogP contribution in [0.25, 0.3) is 22.2 Å². The molecule has 1 atom stereocenters. The van der Waals surface area contributed by atoms with Crippen molar-refractivity contribution < 1.29 is 22.8 Å². The number of pyridine rings is 1. The number of aromatic amines is 1. The molecule has 1 fully saturated rings. The minimum absolute atomic E-state index is 0.236. The van der Waals surface area contributed by atoms with Gasteiger partial charge in [-0.3, -0.25) is 9.59 Å². The van der Waals surface area contributed by atoms with Crippen molar-refractivity contribution in [3.05, 3.63) is 136 Å². The smallest absolute Gasteiger partial charge is 0.355 e. The van der Waals surface area contributed by atoms with Gasteiger partial charge in [0.1, 0.15) is 5.69 Å². The largest absolute Gasteiger partial charge is 0.471 e. The highest BCUT2D eigenvalue weighted by Crippen LogP contribution is 2.41. The van der Waals surface area contributed by atoms with Gasteiger partial charge in [-0.15, -0.1) is 0 Å². The molecule has 2 aromatic heterocycles. The zero-order valence-electron chi connectivity index (χ0n) is 29.0. The van der Waals surface area contributed by atoms with Crippen LogP contribution in [0.4, 0.5) is 24.7 Å². The van der Waals surface area contributed by atoms with E-state index in [4.69, 9.17) is 23.2 Å². The molecular weight excluding hydrogens is 724 g/mol. The standard InChI is InChI=1S/C40H37Cl2F3N6O2/c1-4-51(25(3)27-12-14-28(41)15-13-27)36(24(2)26-9-6-5-7-10-26)34-31-17-16-29(42)23-33(31)48-35(34)38(52)49-32-11-8-20-46-37(32)50-21-18-30(19-22-50)47-39(53)40(43,44)45/h4-17,20,23,25,30,48H,1,18-19,21-22H2,2-3H3,(H,47,53)(H,49,52)/b36-24+. The van der Waals surface area contributed by atoms with Crippen LogP contribution in [0, 0.1) is 0 Å². The topological polar surface area (TPSA) is 93.4 Å². The molecule has 1 saturated heterocycles. The Kier molecular flexibility index (Phi) is 11.2. The van der Waals surface area contributed by atoms with E-state index in [-0.39, 0.29) is 24.6 Å². The summed E-state index contributed by atoms with van der Waals surface area (Å²) in [5, 5.41) is 6.99. The molecule has 3 N–H and O–H groups in total. The number of carbonyl (C=O) groups is 2. The van der Waals surface area contributed by atoms with Gasteiger partial charge in [0.25, 0.3) is 5.91 Å². The maximum absolute atomic E-state index is 14.6. The number of nitrogens with zero attached hydrogens (tertiary/aromatic N) is 3. The predicted molar refractivity (Wildman–Crippen MR) is 206 cm³/mol. The van der Waals surface area contributed by atoms with Gasteiger partial charge in [0, 0.05) is 51.8 Å². The number of hydrogen-bond acceptors (Lipinski definition) is 5. The van der Waals surface area contributed by atoms with Crippen molar-refractivity contribution in [3.8, 4) is 0 Å². The third kappa shape index (κ3) is 8.21. The normalized spacial score (nSPS) is 14.7. The lowest BCUT2D eigenvalue weighted by atomic mass is 9.95. The fraction of sp³-hybridized carbons (Fsp3) is 0.225. The number of rotatable bonds is 10. The summed E-state index contributed by atoms with van der Waals surface area (Å²) >= 11 is 12.7. The summed E-state index contributed by atoms with van der Waals surface area (Å²) in [6.45, 7) is 8.90. The molecule has 0 radical (unpaired) electrons. The van der Waals surface area contributed by atoms with Gasteiger partial charge in [0.2, 0.25) is 0 Å². The van der Waals surface area contributed by atoms with Gasteiger partial charge < -0.3 is 25.4 Å². The number of halogens is 5. The number of carbonyl (C=O) groups excluding carboxylic acids is 2. The highest BCUT2D eigenvalue weighted by molar-refractivity contribution is 6.31. The number of aromatic nitrogens is 2. The van der Waals surface area contributed by atoms with Crippen LogP contribution in [0.3, 0.4) is 0 Å². The number of H-pyrrole nitrogens is 1. The molecule has 0 bridgehead atoms. The van der Waals surface area contributed by atoms with E-state index in [1.165, 1.54) is 0 Å². The molecule has 0 aliphatic carbocycles. The van der Waals surface area contributed by atoms with Crippen LogP contribution >= 0.6 is 23.2 Å². The minimum atomic E-state index is -4.95. The van der Waals surface area contributed by atoms with E-state index in [0.29, 0.717) is 45.7 Å². The summed E-state index contributed by atoms with van der Waals surface area (Å²) in [6.07, 6.45) is -1.07. The molecule has 3 heterocycles. The minimum Gasteiger partial charge on any atom is -0.355 e. The zero-order chi connectivity index (χ0) is 37.9. The first-order chi connectivity index (χ1) is 25.3. The lowest BCUT2D eigenvalue weighted by molar-refractivity contribution is -0.174. The molecule has 13 heteroatoms. The second-order valence-corrected chi connectivity index (χ2v) is 13.7. The van der Waals surface area contributed by atoms with Crippen molar-refractivity contribution in [1.29, 1.82) is 0 Å². The number of anilines is 2. The van der Waals surface area contributed by atoms with Crippen molar-refractivity contribution in [3.63, 3.8) is 0 Å². The maximum atomic E-state index is 14.6. The molecule has 6 rings (SSSR count). The number of allylic oxidation sites excluding steroid dienone is 1. The fourth-order valence-electron chi connectivity index (χ4n) is 6.70. The summed E-state index contributed by atoms with van der Waals surface area (Å²) in [7, 11) is 0.